The van der Waals surface area contributed by atoms with Crippen molar-refractivity contribution in [2.24, 2.45) is 0 Å². The van der Waals surface area contributed by atoms with Crippen molar-refractivity contribution < 1.29 is 14.3 Å². The molecule has 2 aromatic heterocycles. The van der Waals surface area contributed by atoms with E-state index < -0.39 is 17.3 Å². The number of halogens is 1. The lowest BCUT2D eigenvalue weighted by atomic mass is 10.3. The summed E-state index contributed by atoms with van der Waals surface area (Å²) in [5.41, 5.74) is -0.419. The Kier molecular flexibility index (Phi) is 2.82. The molecule has 0 aromatic carbocycles. The van der Waals surface area contributed by atoms with Crippen LogP contribution in [0.4, 0.5) is 4.39 Å². The van der Waals surface area contributed by atoms with Gasteiger partial charge in [0, 0.05) is 6.42 Å². The Morgan fingerprint density at radius 3 is 3.00 bits per heavy atom. The molecule has 2 aromatic rings. The van der Waals surface area contributed by atoms with Crippen LogP contribution in [0.1, 0.15) is 12.2 Å². The van der Waals surface area contributed by atoms with Gasteiger partial charge in [0.2, 0.25) is 0 Å². The third-order valence-electron chi connectivity index (χ3n) is 2.15. The molecule has 0 unspecified atom stereocenters. The maximum Gasteiger partial charge on any atom is 0.303 e. The minimum atomic E-state index is -0.986. The highest BCUT2D eigenvalue weighted by Gasteiger charge is 2.07. The van der Waals surface area contributed by atoms with Crippen molar-refractivity contribution in [3.05, 3.63) is 34.3 Å². The Labute approximate surface area is 94.1 Å². The summed E-state index contributed by atoms with van der Waals surface area (Å²) in [7, 11) is 0. The van der Waals surface area contributed by atoms with Crippen molar-refractivity contribution in [1.82, 2.24) is 15.0 Å². The van der Waals surface area contributed by atoms with Crippen LogP contribution in [0.5, 0.6) is 0 Å². The summed E-state index contributed by atoms with van der Waals surface area (Å²) in [6, 6.07) is 1.04. The average molecular weight is 237 g/mol. The van der Waals surface area contributed by atoms with Gasteiger partial charge in [-0.3, -0.25) is 9.59 Å². The average Bonchev–Trinajstić information content (AvgIpc) is 2.27. The molecular weight excluding hydrogens is 229 g/mol. The maximum absolute atomic E-state index is 12.9. The van der Waals surface area contributed by atoms with E-state index in [1.807, 2.05) is 0 Å². The molecule has 2 rings (SSSR count). The number of pyridine rings is 1. The topological polar surface area (TPSA) is 95.9 Å². The van der Waals surface area contributed by atoms with Gasteiger partial charge in [-0.05, 0) is 6.07 Å². The van der Waals surface area contributed by atoms with Crippen molar-refractivity contribution in [3.63, 3.8) is 0 Å². The van der Waals surface area contributed by atoms with E-state index in [1.54, 1.807) is 0 Å². The van der Waals surface area contributed by atoms with Crippen LogP contribution in [0.3, 0.4) is 0 Å². The Balaban J connectivity index is 2.45. The first-order valence-corrected chi connectivity index (χ1v) is 4.82. The van der Waals surface area contributed by atoms with Crippen LogP contribution >= 0.6 is 0 Å². The van der Waals surface area contributed by atoms with E-state index in [4.69, 9.17) is 5.11 Å². The summed E-state index contributed by atoms with van der Waals surface area (Å²) in [5.74, 6) is -1.38. The lowest BCUT2D eigenvalue weighted by Gasteiger charge is -2.00. The molecule has 0 bridgehead atoms. The first kappa shape index (κ1) is 11.2. The zero-order valence-corrected chi connectivity index (χ0v) is 8.61. The van der Waals surface area contributed by atoms with E-state index in [-0.39, 0.29) is 29.7 Å². The number of hydrogen-bond donors (Lipinski definition) is 2. The number of aromatic amines is 1. The number of rotatable bonds is 3. The number of carbonyl (C=O) groups is 1. The van der Waals surface area contributed by atoms with Gasteiger partial charge >= 0.3 is 5.97 Å². The van der Waals surface area contributed by atoms with Crippen LogP contribution in [-0.4, -0.2) is 26.0 Å². The van der Waals surface area contributed by atoms with E-state index in [9.17, 15) is 14.0 Å². The quantitative estimate of drug-likeness (QED) is 0.809. The summed E-state index contributed by atoms with van der Waals surface area (Å²) in [4.78, 5) is 32.0. The van der Waals surface area contributed by atoms with E-state index in [1.165, 1.54) is 0 Å². The fraction of sp³-hybridized carbons (Fsp3) is 0.200. The van der Waals surface area contributed by atoms with Crippen molar-refractivity contribution >= 4 is 17.0 Å². The molecule has 0 spiro atoms. The number of aromatic nitrogens is 3. The predicted octanol–water partition coefficient (Wildman–Crippen LogP) is 0.474. The van der Waals surface area contributed by atoms with Gasteiger partial charge in [0.15, 0.2) is 5.65 Å². The van der Waals surface area contributed by atoms with Gasteiger partial charge in [-0.25, -0.2) is 14.4 Å². The molecular formula is C10H8FN3O3. The van der Waals surface area contributed by atoms with Crippen molar-refractivity contribution in [3.8, 4) is 0 Å². The highest BCUT2D eigenvalue weighted by atomic mass is 19.1. The van der Waals surface area contributed by atoms with E-state index in [0.717, 1.165) is 12.3 Å². The Morgan fingerprint density at radius 1 is 1.53 bits per heavy atom. The molecule has 0 aliphatic carbocycles. The summed E-state index contributed by atoms with van der Waals surface area (Å²) in [6.45, 7) is 0. The van der Waals surface area contributed by atoms with Gasteiger partial charge in [0.25, 0.3) is 5.56 Å². The molecule has 0 fully saturated rings. The number of H-pyrrole nitrogens is 1. The minimum Gasteiger partial charge on any atom is -0.481 e. The van der Waals surface area contributed by atoms with Crippen LogP contribution in [0, 0.1) is 5.82 Å². The normalized spacial score (nSPS) is 10.6. The van der Waals surface area contributed by atoms with Crippen molar-refractivity contribution in [2.45, 2.75) is 12.8 Å². The van der Waals surface area contributed by atoms with Gasteiger partial charge in [0.05, 0.1) is 18.0 Å². The molecule has 6 nitrogen and oxygen atoms in total. The summed E-state index contributed by atoms with van der Waals surface area (Å²) >= 11 is 0. The largest absolute Gasteiger partial charge is 0.481 e. The van der Waals surface area contributed by atoms with Crippen molar-refractivity contribution in [1.29, 1.82) is 0 Å². The molecule has 2 N–H and O–H groups in total. The molecule has 0 aliphatic rings. The summed E-state index contributed by atoms with van der Waals surface area (Å²) < 4.78 is 12.9. The number of aliphatic carboxylic acids is 1. The number of nitrogens with zero attached hydrogens (tertiary/aromatic N) is 2. The Bertz CT molecular complexity index is 638. The minimum absolute atomic E-state index is 0.0454. The number of carboxylic acids is 1. The van der Waals surface area contributed by atoms with E-state index in [0.29, 0.717) is 0 Å². The molecule has 0 atom stereocenters. The summed E-state index contributed by atoms with van der Waals surface area (Å²) in [5, 5.41) is 8.55. The second-order valence-corrected chi connectivity index (χ2v) is 3.43. The second kappa shape index (κ2) is 4.28. The molecule has 7 heteroatoms. The second-order valence-electron chi connectivity index (χ2n) is 3.43. The van der Waals surface area contributed by atoms with Crippen LogP contribution in [-0.2, 0) is 11.2 Å². The zero-order chi connectivity index (χ0) is 12.4. The predicted molar refractivity (Wildman–Crippen MR) is 56.1 cm³/mol. The van der Waals surface area contributed by atoms with Gasteiger partial charge in [-0.1, -0.05) is 0 Å². The molecule has 0 amide bonds. The number of nitrogens with one attached hydrogen (secondary N) is 1. The lowest BCUT2D eigenvalue weighted by molar-refractivity contribution is -0.137. The lowest BCUT2D eigenvalue weighted by Crippen LogP contribution is -2.14. The third-order valence-corrected chi connectivity index (χ3v) is 2.15. The molecule has 0 aliphatic heterocycles. The highest BCUT2D eigenvalue weighted by Crippen LogP contribution is 2.06. The Morgan fingerprint density at radius 2 is 2.29 bits per heavy atom. The fourth-order valence-corrected chi connectivity index (χ4v) is 1.39. The molecule has 88 valence electrons. The van der Waals surface area contributed by atoms with E-state index >= 15 is 0 Å². The van der Waals surface area contributed by atoms with Gasteiger partial charge in [-0.2, -0.15) is 0 Å². The summed E-state index contributed by atoms with van der Waals surface area (Å²) in [6.07, 6.45) is 0.908. The molecule has 0 saturated carbocycles. The third kappa shape index (κ3) is 2.44. The van der Waals surface area contributed by atoms with E-state index in [2.05, 4.69) is 15.0 Å². The van der Waals surface area contributed by atoms with Gasteiger partial charge in [0.1, 0.15) is 11.6 Å². The Hall–Kier alpha value is -2.31. The molecule has 0 saturated heterocycles. The zero-order valence-electron chi connectivity index (χ0n) is 8.61. The molecule has 17 heavy (non-hydrogen) atoms. The van der Waals surface area contributed by atoms with Crippen LogP contribution in [0.15, 0.2) is 17.1 Å². The number of fused-ring (bicyclic) bond motifs is 1. The highest BCUT2D eigenvalue weighted by molar-refractivity contribution is 5.73. The smallest absolute Gasteiger partial charge is 0.303 e. The van der Waals surface area contributed by atoms with Crippen molar-refractivity contribution in [2.75, 3.05) is 0 Å². The first-order chi connectivity index (χ1) is 8.06. The number of aryl methyl sites for hydroxylation is 1. The van der Waals surface area contributed by atoms with Crippen LogP contribution in [0.2, 0.25) is 0 Å². The SMILES string of the molecule is O=C(O)CCc1nc2ncc(F)cc2c(=O)[nH]1. The van der Waals surface area contributed by atoms with Gasteiger partial charge < -0.3 is 10.1 Å². The maximum atomic E-state index is 12.9. The fourth-order valence-electron chi connectivity index (χ4n) is 1.39. The van der Waals surface area contributed by atoms with Gasteiger partial charge in [-0.15, -0.1) is 0 Å². The van der Waals surface area contributed by atoms with Crippen LogP contribution in [0.25, 0.3) is 11.0 Å². The number of carboxylic acid groups (broad SMARTS) is 1. The first-order valence-electron chi connectivity index (χ1n) is 4.82. The molecule has 0 radical (unpaired) electrons. The standard InChI is InChI=1S/C10H8FN3O3/c11-5-3-6-9(12-4-5)13-7(14-10(6)17)1-2-8(15)16/h3-4H,1-2H2,(H,15,16)(H,12,13,14,17). The number of hydrogen-bond acceptors (Lipinski definition) is 4. The van der Waals surface area contributed by atoms with Crippen LogP contribution < -0.4 is 5.56 Å². The molecule has 2 heterocycles. The monoisotopic (exact) mass is 237 g/mol.